The van der Waals surface area contributed by atoms with Crippen molar-refractivity contribution in [2.75, 3.05) is 10.6 Å². The molecule has 3 N–H and O–H groups in total. The van der Waals surface area contributed by atoms with Crippen molar-refractivity contribution < 1.29 is 14.4 Å². The number of halogens is 2. The highest BCUT2D eigenvalue weighted by atomic mass is 35.5. The maximum Gasteiger partial charge on any atom is 0.272 e. The van der Waals surface area contributed by atoms with Gasteiger partial charge in [-0.25, -0.2) is 0 Å². The second kappa shape index (κ2) is 14.0. The minimum absolute atomic E-state index is 0.0227. The van der Waals surface area contributed by atoms with Gasteiger partial charge in [0.15, 0.2) is 0 Å². The van der Waals surface area contributed by atoms with Gasteiger partial charge >= 0.3 is 0 Å². The average molecular weight is 605 g/mol. The number of amides is 3. The summed E-state index contributed by atoms with van der Waals surface area (Å²) in [5.74, 6) is -1.14. The van der Waals surface area contributed by atoms with Crippen LogP contribution in [0.15, 0.2) is 108 Å². The molecule has 9 heteroatoms. The molecule has 0 spiro atoms. The summed E-state index contributed by atoms with van der Waals surface area (Å²) in [6.07, 6.45) is 1.53. The number of carbonyl (C=O) groups excluding carboxylic acids is 3. The molecule has 4 rings (SSSR count). The third kappa shape index (κ3) is 8.47. The zero-order chi connectivity index (χ0) is 29.4. The van der Waals surface area contributed by atoms with E-state index in [1.165, 1.54) is 17.8 Å². The molecule has 41 heavy (non-hydrogen) atoms. The van der Waals surface area contributed by atoms with Crippen LogP contribution in [0.5, 0.6) is 0 Å². The van der Waals surface area contributed by atoms with Gasteiger partial charge in [-0.15, -0.1) is 11.8 Å². The summed E-state index contributed by atoms with van der Waals surface area (Å²) in [5, 5.41) is 9.01. The number of nitrogens with one attached hydrogen (secondary N) is 3. The first kappa shape index (κ1) is 29.9. The van der Waals surface area contributed by atoms with Crippen LogP contribution in [0.3, 0.4) is 0 Å². The number of carbonyl (C=O) groups is 3. The molecule has 1 unspecified atom stereocenters. The van der Waals surface area contributed by atoms with Gasteiger partial charge in [-0.2, -0.15) is 0 Å². The Bertz CT molecular complexity index is 1610. The summed E-state index contributed by atoms with van der Waals surface area (Å²) < 4.78 is 0. The first-order valence-electron chi connectivity index (χ1n) is 12.7. The van der Waals surface area contributed by atoms with Gasteiger partial charge in [0.25, 0.3) is 11.8 Å². The molecule has 0 aliphatic heterocycles. The second-order valence-electron chi connectivity index (χ2n) is 9.09. The minimum Gasteiger partial charge on any atom is -0.325 e. The number of rotatable bonds is 9. The van der Waals surface area contributed by atoms with E-state index in [4.69, 9.17) is 23.2 Å². The lowest BCUT2D eigenvalue weighted by Gasteiger charge is -2.14. The smallest absolute Gasteiger partial charge is 0.272 e. The van der Waals surface area contributed by atoms with Crippen molar-refractivity contribution in [2.45, 2.75) is 24.0 Å². The maximum atomic E-state index is 13.4. The van der Waals surface area contributed by atoms with Crippen molar-refractivity contribution in [1.29, 1.82) is 0 Å². The van der Waals surface area contributed by atoms with E-state index in [2.05, 4.69) is 16.0 Å². The zero-order valence-electron chi connectivity index (χ0n) is 22.3. The third-order valence-electron chi connectivity index (χ3n) is 5.95. The topological polar surface area (TPSA) is 87.3 Å². The van der Waals surface area contributed by atoms with E-state index in [1.54, 1.807) is 91.9 Å². The van der Waals surface area contributed by atoms with Crippen molar-refractivity contribution in [3.8, 4) is 0 Å². The number of anilines is 2. The Morgan fingerprint density at radius 1 is 0.780 bits per heavy atom. The van der Waals surface area contributed by atoms with E-state index < -0.39 is 17.1 Å². The van der Waals surface area contributed by atoms with Crippen LogP contribution in [0.2, 0.25) is 10.0 Å². The van der Waals surface area contributed by atoms with E-state index >= 15 is 0 Å². The molecule has 1 atom stereocenters. The SMILES string of the molecule is Cc1ccc(NC(=O)C(C)Sc2cccc(NC(=O)/C(=C\c3ccccc3Cl)NC(=O)c3ccccc3)c2)cc1Cl. The van der Waals surface area contributed by atoms with Crippen LogP contribution >= 0.6 is 35.0 Å². The predicted octanol–water partition coefficient (Wildman–Crippen LogP) is 7.83. The van der Waals surface area contributed by atoms with Gasteiger partial charge in [-0.1, -0.05) is 71.7 Å². The molecule has 0 saturated heterocycles. The van der Waals surface area contributed by atoms with E-state index in [-0.39, 0.29) is 11.6 Å². The Balaban J connectivity index is 1.48. The van der Waals surface area contributed by atoms with Gasteiger partial charge in [-0.05, 0) is 79.6 Å². The largest absolute Gasteiger partial charge is 0.325 e. The lowest BCUT2D eigenvalue weighted by atomic mass is 10.1. The van der Waals surface area contributed by atoms with Crippen molar-refractivity contribution in [3.05, 3.63) is 129 Å². The van der Waals surface area contributed by atoms with Gasteiger partial charge in [-0.3, -0.25) is 14.4 Å². The fraction of sp³-hybridized carbons (Fsp3) is 0.0938. The highest BCUT2D eigenvalue weighted by Crippen LogP contribution is 2.28. The molecule has 0 aliphatic carbocycles. The molecule has 0 fully saturated rings. The first-order valence-corrected chi connectivity index (χ1v) is 14.3. The fourth-order valence-corrected chi connectivity index (χ4v) is 5.00. The monoisotopic (exact) mass is 603 g/mol. The zero-order valence-corrected chi connectivity index (χ0v) is 24.6. The lowest BCUT2D eigenvalue weighted by Crippen LogP contribution is -2.30. The van der Waals surface area contributed by atoms with Gasteiger partial charge in [0, 0.05) is 31.9 Å². The Hall–Kier alpha value is -4.04. The van der Waals surface area contributed by atoms with Crippen LogP contribution in [-0.4, -0.2) is 23.0 Å². The predicted molar refractivity (Wildman–Crippen MR) is 169 cm³/mol. The van der Waals surface area contributed by atoms with Gasteiger partial charge in [0.2, 0.25) is 5.91 Å². The number of aryl methyl sites for hydroxylation is 1. The van der Waals surface area contributed by atoms with Crippen molar-refractivity contribution >= 4 is 70.1 Å². The standard InChI is InChI=1S/C32H27Cl2N3O3S/c1-20-15-16-25(19-28(20)34)35-30(38)21(2)41-26-13-8-12-24(18-26)36-32(40)29(17-23-11-6-7-14-27(23)33)37-31(39)22-9-4-3-5-10-22/h3-19,21H,1-2H3,(H,35,38)(H,36,40)(H,37,39)/b29-17+. The van der Waals surface area contributed by atoms with E-state index in [1.807, 2.05) is 19.1 Å². The molecule has 4 aromatic rings. The Morgan fingerprint density at radius 2 is 1.49 bits per heavy atom. The average Bonchev–Trinajstić information content (AvgIpc) is 2.96. The number of hydrogen-bond donors (Lipinski definition) is 3. The fourth-order valence-electron chi connectivity index (χ4n) is 3.71. The molecule has 3 amide bonds. The van der Waals surface area contributed by atoms with Crippen molar-refractivity contribution in [3.63, 3.8) is 0 Å². The molecular formula is C32H27Cl2N3O3S. The summed E-state index contributed by atoms with van der Waals surface area (Å²) in [5.41, 5.74) is 3.05. The molecule has 0 radical (unpaired) electrons. The summed E-state index contributed by atoms with van der Waals surface area (Å²) in [6, 6.07) is 28.1. The minimum atomic E-state index is -0.529. The van der Waals surface area contributed by atoms with Crippen LogP contribution in [0.1, 0.15) is 28.4 Å². The van der Waals surface area contributed by atoms with Crippen LogP contribution in [-0.2, 0) is 9.59 Å². The summed E-state index contributed by atoms with van der Waals surface area (Å²) in [4.78, 5) is 39.8. The summed E-state index contributed by atoms with van der Waals surface area (Å²) >= 11 is 13.8. The highest BCUT2D eigenvalue weighted by molar-refractivity contribution is 8.00. The molecule has 0 aliphatic rings. The maximum absolute atomic E-state index is 13.4. The third-order valence-corrected chi connectivity index (χ3v) is 7.79. The van der Waals surface area contributed by atoms with Gasteiger partial charge < -0.3 is 16.0 Å². The van der Waals surface area contributed by atoms with Crippen molar-refractivity contribution in [1.82, 2.24) is 5.32 Å². The number of benzene rings is 4. The second-order valence-corrected chi connectivity index (χ2v) is 11.3. The van der Waals surface area contributed by atoms with Crippen LogP contribution in [0.25, 0.3) is 6.08 Å². The Labute approximate surface area is 253 Å². The molecule has 0 heterocycles. The van der Waals surface area contributed by atoms with Crippen LogP contribution in [0, 0.1) is 6.92 Å². The van der Waals surface area contributed by atoms with Gasteiger partial charge in [0.1, 0.15) is 5.70 Å². The molecular weight excluding hydrogens is 577 g/mol. The first-order chi connectivity index (χ1) is 19.7. The normalized spacial score (nSPS) is 11.9. The Morgan fingerprint density at radius 3 is 2.22 bits per heavy atom. The van der Waals surface area contributed by atoms with Crippen LogP contribution in [0.4, 0.5) is 11.4 Å². The lowest BCUT2D eigenvalue weighted by molar-refractivity contribution is -0.115. The molecule has 208 valence electrons. The highest BCUT2D eigenvalue weighted by Gasteiger charge is 2.18. The molecule has 4 aromatic carbocycles. The molecule has 0 bridgehead atoms. The number of thioether (sulfide) groups is 1. The van der Waals surface area contributed by atoms with Crippen molar-refractivity contribution in [2.24, 2.45) is 0 Å². The summed E-state index contributed by atoms with van der Waals surface area (Å²) in [7, 11) is 0. The van der Waals surface area contributed by atoms with E-state index in [9.17, 15) is 14.4 Å². The summed E-state index contributed by atoms with van der Waals surface area (Å²) in [6.45, 7) is 3.69. The Kier molecular flexibility index (Phi) is 10.2. The molecule has 0 saturated carbocycles. The number of hydrogen-bond acceptors (Lipinski definition) is 4. The van der Waals surface area contributed by atoms with Crippen LogP contribution < -0.4 is 16.0 Å². The quantitative estimate of drug-likeness (QED) is 0.134. The van der Waals surface area contributed by atoms with E-state index in [0.29, 0.717) is 32.5 Å². The van der Waals surface area contributed by atoms with Gasteiger partial charge in [0.05, 0.1) is 5.25 Å². The molecule has 0 aromatic heterocycles. The van der Waals surface area contributed by atoms with E-state index in [0.717, 1.165) is 10.5 Å². The molecule has 6 nitrogen and oxygen atoms in total.